The fraction of sp³-hybridized carbons (Fsp3) is 0.364. The first kappa shape index (κ1) is 13.3. The Labute approximate surface area is 119 Å². The Hall–Kier alpha value is -0.150. The molecule has 0 unspecified atom stereocenters. The maximum Gasteiger partial charge on any atom is 0.233 e. The number of anilines is 1. The van der Waals surface area contributed by atoms with E-state index in [0.29, 0.717) is 22.2 Å². The highest BCUT2D eigenvalue weighted by Crippen LogP contribution is 2.64. The van der Waals surface area contributed by atoms with Crippen molar-refractivity contribution < 1.29 is 4.79 Å². The summed E-state index contributed by atoms with van der Waals surface area (Å²) in [4.78, 5) is 12.0. The minimum Gasteiger partial charge on any atom is -0.324 e. The molecule has 0 spiro atoms. The summed E-state index contributed by atoms with van der Waals surface area (Å²) in [7, 11) is 0. The lowest BCUT2D eigenvalue weighted by Gasteiger charge is -2.13. The van der Waals surface area contributed by atoms with Crippen LogP contribution in [0.25, 0.3) is 0 Å². The Morgan fingerprint density at radius 1 is 1.35 bits per heavy atom. The van der Waals surface area contributed by atoms with Crippen molar-refractivity contribution in [1.82, 2.24) is 0 Å². The Kier molecular flexibility index (Phi) is 3.28. The van der Waals surface area contributed by atoms with Gasteiger partial charge in [0.05, 0.1) is 21.1 Å². The standard InChI is InChI=1S/C11H9Cl4NO/c1-10(5-11(10,14)15)9(17)16-7-4-2-3-6(12)8(7)13/h2-4H,5H2,1H3,(H,16,17)/t10-/m0/s1. The zero-order valence-corrected chi connectivity index (χ0v) is 11.9. The zero-order chi connectivity index (χ0) is 12.8. The van der Waals surface area contributed by atoms with Crippen molar-refractivity contribution in [3.8, 4) is 0 Å². The first-order valence-corrected chi connectivity index (χ1v) is 6.42. The molecule has 92 valence electrons. The average molecular weight is 313 g/mol. The molecule has 1 saturated carbocycles. The second-order valence-electron chi connectivity index (χ2n) is 4.27. The van der Waals surface area contributed by atoms with Crippen LogP contribution in [0.4, 0.5) is 5.69 Å². The molecule has 0 bridgehead atoms. The summed E-state index contributed by atoms with van der Waals surface area (Å²) < 4.78 is -0.998. The minimum atomic E-state index is -0.998. The highest BCUT2D eigenvalue weighted by molar-refractivity contribution is 6.53. The van der Waals surface area contributed by atoms with Crippen molar-refractivity contribution in [2.75, 3.05) is 5.32 Å². The third kappa shape index (κ3) is 2.24. The van der Waals surface area contributed by atoms with Crippen molar-refractivity contribution >= 4 is 58.0 Å². The number of benzene rings is 1. The van der Waals surface area contributed by atoms with Crippen molar-refractivity contribution in [3.05, 3.63) is 28.2 Å². The van der Waals surface area contributed by atoms with Gasteiger partial charge in [0.1, 0.15) is 4.33 Å². The van der Waals surface area contributed by atoms with Crippen LogP contribution < -0.4 is 5.32 Å². The number of alkyl halides is 2. The van der Waals surface area contributed by atoms with Gasteiger partial charge in [-0.05, 0) is 25.5 Å². The van der Waals surface area contributed by atoms with Gasteiger partial charge in [-0.1, -0.05) is 29.3 Å². The molecule has 1 aliphatic rings. The smallest absolute Gasteiger partial charge is 0.233 e. The summed E-state index contributed by atoms with van der Waals surface area (Å²) >= 11 is 23.7. The third-order valence-electron chi connectivity index (χ3n) is 2.96. The molecule has 0 heterocycles. The summed E-state index contributed by atoms with van der Waals surface area (Å²) in [6.45, 7) is 1.71. The van der Waals surface area contributed by atoms with Gasteiger partial charge in [-0.3, -0.25) is 4.79 Å². The van der Waals surface area contributed by atoms with Gasteiger partial charge in [0.25, 0.3) is 0 Å². The Bertz CT molecular complexity index is 488. The van der Waals surface area contributed by atoms with E-state index in [4.69, 9.17) is 46.4 Å². The molecule has 1 aromatic rings. The lowest BCUT2D eigenvalue weighted by atomic mass is 10.1. The molecular formula is C11H9Cl4NO. The van der Waals surface area contributed by atoms with E-state index in [1.165, 1.54) is 0 Å². The summed E-state index contributed by atoms with van der Waals surface area (Å²) in [5.41, 5.74) is -0.316. The van der Waals surface area contributed by atoms with Crippen LogP contribution in [0.5, 0.6) is 0 Å². The highest BCUT2D eigenvalue weighted by atomic mass is 35.5. The van der Waals surface area contributed by atoms with E-state index in [9.17, 15) is 4.79 Å². The summed E-state index contributed by atoms with van der Waals surface area (Å²) in [5, 5.41) is 3.37. The lowest BCUT2D eigenvalue weighted by Crippen LogP contribution is -2.26. The van der Waals surface area contributed by atoms with E-state index in [1.54, 1.807) is 25.1 Å². The van der Waals surface area contributed by atoms with E-state index < -0.39 is 9.75 Å². The predicted molar refractivity (Wildman–Crippen MR) is 72.3 cm³/mol. The monoisotopic (exact) mass is 311 g/mol. The molecule has 1 amide bonds. The largest absolute Gasteiger partial charge is 0.324 e. The summed E-state index contributed by atoms with van der Waals surface area (Å²) in [6.07, 6.45) is 0.424. The first-order chi connectivity index (χ1) is 7.78. The topological polar surface area (TPSA) is 29.1 Å². The molecule has 1 N–H and O–H groups in total. The van der Waals surface area contributed by atoms with Gasteiger partial charge < -0.3 is 5.32 Å². The van der Waals surface area contributed by atoms with E-state index in [2.05, 4.69) is 5.32 Å². The maximum absolute atomic E-state index is 12.0. The van der Waals surface area contributed by atoms with Crippen molar-refractivity contribution in [2.45, 2.75) is 17.7 Å². The van der Waals surface area contributed by atoms with Gasteiger partial charge in [0.2, 0.25) is 5.91 Å². The van der Waals surface area contributed by atoms with Gasteiger partial charge in [-0.15, -0.1) is 23.2 Å². The van der Waals surface area contributed by atoms with Gasteiger partial charge in [0, 0.05) is 0 Å². The molecule has 0 radical (unpaired) electrons. The molecule has 1 fully saturated rings. The SMILES string of the molecule is C[C@@]1(C(=O)Nc2cccc(Cl)c2Cl)CC1(Cl)Cl. The molecule has 2 rings (SSSR count). The molecule has 1 atom stereocenters. The molecule has 0 aliphatic heterocycles. The molecule has 17 heavy (non-hydrogen) atoms. The summed E-state index contributed by atoms with van der Waals surface area (Å²) in [6, 6.07) is 5.02. The number of rotatable bonds is 2. The molecule has 6 heteroatoms. The number of halogens is 4. The van der Waals surface area contributed by atoms with Crippen LogP contribution >= 0.6 is 46.4 Å². The van der Waals surface area contributed by atoms with Gasteiger partial charge in [-0.25, -0.2) is 0 Å². The van der Waals surface area contributed by atoms with Crippen LogP contribution in [0.15, 0.2) is 18.2 Å². The number of carbonyl (C=O) groups is 1. The second-order valence-corrected chi connectivity index (χ2v) is 6.54. The molecule has 0 saturated heterocycles. The third-order valence-corrected chi connectivity index (χ3v) is 4.88. The van der Waals surface area contributed by atoms with Crippen molar-refractivity contribution in [3.63, 3.8) is 0 Å². The Morgan fingerprint density at radius 3 is 2.47 bits per heavy atom. The van der Waals surface area contributed by atoms with Crippen LogP contribution in [0.3, 0.4) is 0 Å². The fourth-order valence-electron chi connectivity index (χ4n) is 1.51. The maximum atomic E-state index is 12.0. The van der Waals surface area contributed by atoms with Crippen LogP contribution in [-0.4, -0.2) is 10.2 Å². The fourth-order valence-corrected chi connectivity index (χ4v) is 2.56. The van der Waals surface area contributed by atoms with E-state index in [0.717, 1.165) is 0 Å². The van der Waals surface area contributed by atoms with Gasteiger partial charge >= 0.3 is 0 Å². The quantitative estimate of drug-likeness (QED) is 0.799. The summed E-state index contributed by atoms with van der Waals surface area (Å²) in [5.74, 6) is -0.258. The highest BCUT2D eigenvalue weighted by Gasteiger charge is 2.67. The Balaban J connectivity index is 2.18. The van der Waals surface area contributed by atoms with Crippen molar-refractivity contribution in [2.24, 2.45) is 5.41 Å². The van der Waals surface area contributed by atoms with Crippen LogP contribution in [0, 0.1) is 5.41 Å². The van der Waals surface area contributed by atoms with Crippen molar-refractivity contribution in [1.29, 1.82) is 0 Å². The normalized spacial score (nSPS) is 25.5. The van der Waals surface area contributed by atoms with Gasteiger partial charge in [-0.2, -0.15) is 0 Å². The Morgan fingerprint density at radius 2 is 1.94 bits per heavy atom. The van der Waals surface area contributed by atoms with E-state index in [-0.39, 0.29) is 5.91 Å². The number of nitrogens with one attached hydrogen (secondary N) is 1. The predicted octanol–water partition coefficient (Wildman–Crippen LogP) is 4.52. The number of carbonyl (C=O) groups excluding carboxylic acids is 1. The first-order valence-electron chi connectivity index (χ1n) is 4.91. The number of amides is 1. The molecule has 1 aromatic carbocycles. The second kappa shape index (κ2) is 4.20. The molecular weight excluding hydrogens is 304 g/mol. The lowest BCUT2D eigenvalue weighted by molar-refractivity contribution is -0.120. The molecule has 2 nitrogen and oxygen atoms in total. The average Bonchev–Trinajstić information content (AvgIpc) is 2.75. The molecule has 0 aromatic heterocycles. The van der Waals surface area contributed by atoms with E-state index >= 15 is 0 Å². The molecule has 1 aliphatic carbocycles. The van der Waals surface area contributed by atoms with E-state index in [1.807, 2.05) is 0 Å². The van der Waals surface area contributed by atoms with Gasteiger partial charge in [0.15, 0.2) is 0 Å². The zero-order valence-electron chi connectivity index (χ0n) is 8.86. The number of hydrogen-bond donors (Lipinski definition) is 1. The van der Waals surface area contributed by atoms with Crippen LogP contribution in [0.1, 0.15) is 13.3 Å². The number of hydrogen-bond acceptors (Lipinski definition) is 1. The van der Waals surface area contributed by atoms with Crippen LogP contribution in [0.2, 0.25) is 10.0 Å². The van der Waals surface area contributed by atoms with Crippen LogP contribution in [-0.2, 0) is 4.79 Å². The minimum absolute atomic E-state index is 0.258.